The molecule has 1 aromatic heterocycles. The van der Waals surface area contributed by atoms with Crippen molar-refractivity contribution in [3.63, 3.8) is 0 Å². The minimum Gasteiger partial charge on any atom is -0.388 e. The summed E-state index contributed by atoms with van der Waals surface area (Å²) in [4.78, 5) is 4.38. The Morgan fingerprint density at radius 2 is 2.13 bits per heavy atom. The zero-order chi connectivity index (χ0) is 11.5. The van der Waals surface area contributed by atoms with Gasteiger partial charge in [0.1, 0.15) is 0 Å². The van der Waals surface area contributed by atoms with Crippen molar-refractivity contribution in [3.05, 3.63) is 23.4 Å². The van der Waals surface area contributed by atoms with E-state index in [1.807, 2.05) is 26.0 Å². The van der Waals surface area contributed by atoms with Gasteiger partial charge >= 0.3 is 0 Å². The lowest BCUT2D eigenvalue weighted by Gasteiger charge is -2.19. The van der Waals surface area contributed by atoms with Crippen LogP contribution in [0.5, 0.6) is 0 Å². The first-order chi connectivity index (χ1) is 6.93. The zero-order valence-corrected chi connectivity index (χ0v) is 10.3. The summed E-state index contributed by atoms with van der Waals surface area (Å²) in [6, 6.07) is 4.05. The standard InChI is InChI=1S/C11H18N2OS/c1-8-4-9(2)13-10(5-8)15-7-11(3,14)6-12/h4-5,14H,6-7,12H2,1-3H3. The van der Waals surface area contributed by atoms with Crippen LogP contribution >= 0.6 is 11.8 Å². The van der Waals surface area contributed by atoms with Gasteiger partial charge in [-0.3, -0.25) is 0 Å². The fraction of sp³-hybridized carbons (Fsp3) is 0.545. The molecule has 0 aromatic carbocycles. The SMILES string of the molecule is Cc1cc(C)nc(SCC(C)(O)CN)c1. The first-order valence-electron chi connectivity index (χ1n) is 4.93. The highest BCUT2D eigenvalue weighted by atomic mass is 32.2. The Morgan fingerprint density at radius 1 is 1.47 bits per heavy atom. The lowest BCUT2D eigenvalue weighted by atomic mass is 10.1. The molecule has 0 aliphatic carbocycles. The summed E-state index contributed by atoms with van der Waals surface area (Å²) in [6.07, 6.45) is 0. The summed E-state index contributed by atoms with van der Waals surface area (Å²) in [5.74, 6) is 0.569. The summed E-state index contributed by atoms with van der Waals surface area (Å²) >= 11 is 1.54. The molecule has 4 heteroatoms. The summed E-state index contributed by atoms with van der Waals surface area (Å²) in [7, 11) is 0. The van der Waals surface area contributed by atoms with Crippen LogP contribution in [-0.2, 0) is 0 Å². The van der Waals surface area contributed by atoms with E-state index >= 15 is 0 Å². The van der Waals surface area contributed by atoms with E-state index in [2.05, 4.69) is 4.98 Å². The maximum atomic E-state index is 9.75. The third kappa shape index (κ3) is 4.20. The van der Waals surface area contributed by atoms with Crippen LogP contribution in [-0.4, -0.2) is 28.0 Å². The Labute approximate surface area is 95.1 Å². The summed E-state index contributed by atoms with van der Waals surface area (Å²) < 4.78 is 0. The number of aromatic nitrogens is 1. The molecule has 0 spiro atoms. The third-order valence-electron chi connectivity index (χ3n) is 2.05. The Morgan fingerprint density at radius 3 is 2.67 bits per heavy atom. The number of aryl methyl sites for hydroxylation is 2. The lowest BCUT2D eigenvalue weighted by Crippen LogP contribution is -2.36. The van der Waals surface area contributed by atoms with E-state index in [4.69, 9.17) is 5.73 Å². The van der Waals surface area contributed by atoms with Crippen molar-refractivity contribution in [1.29, 1.82) is 0 Å². The molecule has 84 valence electrons. The quantitative estimate of drug-likeness (QED) is 0.764. The average Bonchev–Trinajstić information content (AvgIpc) is 2.14. The van der Waals surface area contributed by atoms with Crippen LogP contribution < -0.4 is 5.73 Å². The van der Waals surface area contributed by atoms with Gasteiger partial charge in [-0.2, -0.15) is 0 Å². The Balaban J connectivity index is 2.65. The van der Waals surface area contributed by atoms with Crippen LogP contribution in [0.2, 0.25) is 0 Å². The second kappa shape index (κ2) is 4.96. The van der Waals surface area contributed by atoms with Gasteiger partial charge < -0.3 is 10.8 Å². The van der Waals surface area contributed by atoms with Crippen LogP contribution in [0.25, 0.3) is 0 Å². The predicted molar refractivity (Wildman–Crippen MR) is 64.1 cm³/mol. The molecule has 0 aliphatic heterocycles. The van der Waals surface area contributed by atoms with Crippen molar-refractivity contribution >= 4 is 11.8 Å². The van der Waals surface area contributed by atoms with E-state index in [9.17, 15) is 5.11 Å². The molecule has 1 rings (SSSR count). The number of rotatable bonds is 4. The minimum atomic E-state index is -0.815. The number of hydrogen-bond acceptors (Lipinski definition) is 4. The van der Waals surface area contributed by atoms with Crippen molar-refractivity contribution in [2.45, 2.75) is 31.4 Å². The molecule has 0 amide bonds. The molecule has 3 nitrogen and oxygen atoms in total. The highest BCUT2D eigenvalue weighted by molar-refractivity contribution is 7.99. The van der Waals surface area contributed by atoms with E-state index in [1.54, 1.807) is 6.92 Å². The van der Waals surface area contributed by atoms with E-state index in [-0.39, 0.29) is 6.54 Å². The molecule has 0 radical (unpaired) electrons. The molecule has 0 aliphatic rings. The largest absolute Gasteiger partial charge is 0.388 e. The van der Waals surface area contributed by atoms with Gasteiger partial charge in [-0.1, -0.05) is 0 Å². The number of hydrogen-bond donors (Lipinski definition) is 2. The number of nitrogens with zero attached hydrogens (tertiary/aromatic N) is 1. The Bertz CT molecular complexity index is 319. The number of aliphatic hydroxyl groups is 1. The van der Waals surface area contributed by atoms with Gasteiger partial charge in [0.15, 0.2) is 0 Å². The number of nitrogens with two attached hydrogens (primary N) is 1. The van der Waals surface area contributed by atoms with Crippen LogP contribution in [0, 0.1) is 13.8 Å². The monoisotopic (exact) mass is 226 g/mol. The fourth-order valence-corrected chi connectivity index (χ4v) is 2.22. The van der Waals surface area contributed by atoms with Gasteiger partial charge in [0.05, 0.1) is 10.6 Å². The third-order valence-corrected chi connectivity index (χ3v) is 3.32. The van der Waals surface area contributed by atoms with Crippen molar-refractivity contribution in [2.24, 2.45) is 5.73 Å². The first kappa shape index (κ1) is 12.5. The molecular formula is C11H18N2OS. The Hall–Kier alpha value is -0.580. The maximum Gasteiger partial charge on any atom is 0.0966 e. The fourth-order valence-electron chi connectivity index (χ4n) is 1.17. The van der Waals surface area contributed by atoms with Gasteiger partial charge in [0.25, 0.3) is 0 Å². The molecule has 3 N–H and O–H groups in total. The molecule has 0 bridgehead atoms. The summed E-state index contributed by atoms with van der Waals surface area (Å²) in [5.41, 5.74) is 6.83. The van der Waals surface area contributed by atoms with Crippen LogP contribution in [0.4, 0.5) is 0 Å². The van der Waals surface area contributed by atoms with Gasteiger partial charge in [-0.25, -0.2) is 4.98 Å². The van der Waals surface area contributed by atoms with Crippen LogP contribution in [0.15, 0.2) is 17.2 Å². The molecule has 1 unspecified atom stereocenters. The molecule has 1 heterocycles. The van der Waals surface area contributed by atoms with Crippen LogP contribution in [0.1, 0.15) is 18.2 Å². The van der Waals surface area contributed by atoms with Gasteiger partial charge in [0, 0.05) is 18.0 Å². The molecular weight excluding hydrogens is 208 g/mol. The highest BCUT2D eigenvalue weighted by Gasteiger charge is 2.18. The van der Waals surface area contributed by atoms with E-state index in [0.717, 1.165) is 10.7 Å². The smallest absolute Gasteiger partial charge is 0.0966 e. The normalized spacial score (nSPS) is 15.0. The molecule has 0 saturated carbocycles. The predicted octanol–water partition coefficient (Wildman–Crippen LogP) is 1.50. The van der Waals surface area contributed by atoms with Gasteiger partial charge in [-0.15, -0.1) is 11.8 Å². The summed E-state index contributed by atoms with van der Waals surface area (Å²) in [6.45, 7) is 6.02. The van der Waals surface area contributed by atoms with Crippen molar-refractivity contribution in [3.8, 4) is 0 Å². The van der Waals surface area contributed by atoms with E-state index in [0.29, 0.717) is 5.75 Å². The molecule has 1 atom stereocenters. The van der Waals surface area contributed by atoms with E-state index in [1.165, 1.54) is 17.3 Å². The lowest BCUT2D eigenvalue weighted by molar-refractivity contribution is 0.0949. The zero-order valence-electron chi connectivity index (χ0n) is 9.45. The highest BCUT2D eigenvalue weighted by Crippen LogP contribution is 2.21. The van der Waals surface area contributed by atoms with Crippen molar-refractivity contribution < 1.29 is 5.11 Å². The van der Waals surface area contributed by atoms with Gasteiger partial charge in [-0.05, 0) is 38.5 Å². The average molecular weight is 226 g/mol. The number of thioether (sulfide) groups is 1. The minimum absolute atomic E-state index is 0.269. The second-order valence-corrected chi connectivity index (χ2v) is 5.11. The molecule has 0 fully saturated rings. The topological polar surface area (TPSA) is 59.1 Å². The number of pyridine rings is 1. The molecule has 1 aromatic rings. The Kier molecular flexibility index (Phi) is 4.13. The van der Waals surface area contributed by atoms with Crippen LogP contribution in [0.3, 0.4) is 0 Å². The van der Waals surface area contributed by atoms with Gasteiger partial charge in [0.2, 0.25) is 0 Å². The molecule has 0 saturated heterocycles. The maximum absolute atomic E-state index is 9.75. The van der Waals surface area contributed by atoms with Crippen molar-refractivity contribution in [2.75, 3.05) is 12.3 Å². The summed E-state index contributed by atoms with van der Waals surface area (Å²) in [5, 5.41) is 10.7. The van der Waals surface area contributed by atoms with Crippen molar-refractivity contribution in [1.82, 2.24) is 4.98 Å². The molecule has 15 heavy (non-hydrogen) atoms. The second-order valence-electron chi connectivity index (χ2n) is 4.11. The van der Waals surface area contributed by atoms with E-state index < -0.39 is 5.60 Å². The first-order valence-corrected chi connectivity index (χ1v) is 5.92.